The quantitative estimate of drug-likeness (QED) is 0.493. The third-order valence-electron chi connectivity index (χ3n) is 6.01. The van der Waals surface area contributed by atoms with Crippen LogP contribution in [0.1, 0.15) is 35.7 Å². The Morgan fingerprint density at radius 1 is 1.21 bits per heavy atom. The number of imidazole rings is 1. The Morgan fingerprint density at radius 2 is 2.09 bits per heavy atom. The molecule has 1 atom stereocenters. The molecule has 0 aliphatic heterocycles. The van der Waals surface area contributed by atoms with E-state index in [2.05, 4.69) is 38.8 Å². The Kier molecular flexibility index (Phi) is 5.64. The van der Waals surface area contributed by atoms with Gasteiger partial charge in [-0.1, -0.05) is 35.5 Å². The van der Waals surface area contributed by atoms with Gasteiger partial charge in [-0.15, -0.1) is 5.10 Å². The maximum absolute atomic E-state index is 12.7. The first-order valence-corrected chi connectivity index (χ1v) is 11.1. The van der Waals surface area contributed by atoms with Crippen LogP contribution in [0.4, 0.5) is 0 Å². The van der Waals surface area contributed by atoms with Gasteiger partial charge >= 0.3 is 0 Å². The zero-order chi connectivity index (χ0) is 22.8. The molecule has 1 amide bonds. The minimum Gasteiger partial charge on any atom is -0.495 e. The van der Waals surface area contributed by atoms with Crippen molar-refractivity contribution in [2.75, 3.05) is 7.11 Å². The largest absolute Gasteiger partial charge is 0.495 e. The van der Waals surface area contributed by atoms with E-state index in [1.54, 1.807) is 24.3 Å². The maximum atomic E-state index is 12.7. The second-order valence-electron chi connectivity index (χ2n) is 8.32. The summed E-state index contributed by atoms with van der Waals surface area (Å²) in [5, 5.41) is 11.6. The number of aromatic nitrogens is 5. The van der Waals surface area contributed by atoms with Crippen LogP contribution in [-0.2, 0) is 17.8 Å². The fourth-order valence-electron chi connectivity index (χ4n) is 4.40. The lowest BCUT2D eigenvalue weighted by molar-refractivity contribution is -0.122. The van der Waals surface area contributed by atoms with Crippen molar-refractivity contribution in [3.05, 3.63) is 78.0 Å². The molecule has 1 unspecified atom stereocenters. The molecule has 168 valence electrons. The first-order valence-electron chi connectivity index (χ1n) is 11.1. The normalized spacial score (nSPS) is 15.2. The molecule has 0 fully saturated rings. The number of methoxy groups -OCH3 is 1. The van der Waals surface area contributed by atoms with Crippen LogP contribution in [-0.4, -0.2) is 37.6 Å². The highest BCUT2D eigenvalue weighted by Crippen LogP contribution is 2.30. The Bertz CT molecular complexity index is 1290. The van der Waals surface area contributed by atoms with Gasteiger partial charge in [-0.05, 0) is 49.4 Å². The first-order chi connectivity index (χ1) is 16.1. The molecule has 5 rings (SSSR count). The maximum Gasteiger partial charge on any atom is 0.242 e. The van der Waals surface area contributed by atoms with E-state index in [9.17, 15) is 4.79 Å². The van der Waals surface area contributed by atoms with Crippen molar-refractivity contribution in [1.82, 2.24) is 29.9 Å². The van der Waals surface area contributed by atoms with Crippen LogP contribution in [0.2, 0.25) is 0 Å². The summed E-state index contributed by atoms with van der Waals surface area (Å²) in [6.07, 6.45) is 8.57. The van der Waals surface area contributed by atoms with Crippen LogP contribution in [0.3, 0.4) is 0 Å². The number of hydrogen-bond donors (Lipinski definition) is 1. The van der Waals surface area contributed by atoms with Crippen molar-refractivity contribution < 1.29 is 9.53 Å². The molecular weight excluding hydrogens is 416 g/mol. The third-order valence-corrected chi connectivity index (χ3v) is 6.01. The molecule has 4 aromatic rings. The van der Waals surface area contributed by atoms with E-state index in [0.717, 1.165) is 36.2 Å². The standard InChI is InChI=1S/C25H26N6O2/c1-17-13-30(16-26-17)23-11-10-19(12-24(23)33-2)22-14-31(29-28-22)15-25(32)27-21-9-5-7-18-6-3-4-8-20(18)21/h3-4,6,8,10-14,16,21H,5,7,9,15H2,1-2H3,(H,27,32). The van der Waals surface area contributed by atoms with Gasteiger partial charge in [-0.25, -0.2) is 9.67 Å². The van der Waals surface area contributed by atoms with Gasteiger partial charge in [-0.3, -0.25) is 4.79 Å². The summed E-state index contributed by atoms with van der Waals surface area (Å²) < 4.78 is 9.08. The second kappa shape index (κ2) is 8.90. The number of carbonyl (C=O) groups excluding carboxylic acids is 1. The zero-order valence-corrected chi connectivity index (χ0v) is 18.7. The van der Waals surface area contributed by atoms with Crippen molar-refractivity contribution in [3.63, 3.8) is 0 Å². The highest BCUT2D eigenvalue weighted by molar-refractivity contribution is 5.76. The molecule has 2 aromatic heterocycles. The number of nitrogens with one attached hydrogen (secondary N) is 1. The van der Waals surface area contributed by atoms with Gasteiger partial charge in [0, 0.05) is 11.8 Å². The van der Waals surface area contributed by atoms with Crippen molar-refractivity contribution in [1.29, 1.82) is 0 Å². The molecule has 1 N–H and O–H groups in total. The van der Waals surface area contributed by atoms with Gasteiger partial charge in [0.05, 0.1) is 37.1 Å². The van der Waals surface area contributed by atoms with Gasteiger partial charge in [-0.2, -0.15) is 0 Å². The fourth-order valence-corrected chi connectivity index (χ4v) is 4.40. The van der Waals surface area contributed by atoms with E-state index in [-0.39, 0.29) is 18.5 Å². The highest BCUT2D eigenvalue weighted by Gasteiger charge is 2.21. The lowest BCUT2D eigenvalue weighted by atomic mass is 9.88. The number of nitrogens with zero attached hydrogens (tertiary/aromatic N) is 5. The van der Waals surface area contributed by atoms with Crippen LogP contribution < -0.4 is 10.1 Å². The predicted octanol–water partition coefficient (Wildman–Crippen LogP) is 3.64. The van der Waals surface area contributed by atoms with E-state index in [1.165, 1.54) is 11.1 Å². The molecule has 0 saturated carbocycles. The summed E-state index contributed by atoms with van der Waals surface area (Å²) in [6.45, 7) is 2.06. The first kappa shape index (κ1) is 20.9. The van der Waals surface area contributed by atoms with Gasteiger partial charge in [0.15, 0.2) is 0 Å². The lowest BCUT2D eigenvalue weighted by Crippen LogP contribution is -2.33. The molecule has 1 aliphatic carbocycles. The number of fused-ring (bicyclic) bond motifs is 1. The predicted molar refractivity (Wildman–Crippen MR) is 124 cm³/mol. The number of ether oxygens (including phenoxy) is 1. The summed E-state index contributed by atoms with van der Waals surface area (Å²) in [4.78, 5) is 17.0. The number of benzene rings is 2. The van der Waals surface area contributed by atoms with Crippen LogP contribution in [0.25, 0.3) is 16.9 Å². The molecular formula is C25H26N6O2. The summed E-state index contributed by atoms with van der Waals surface area (Å²) in [5.74, 6) is 0.629. The molecule has 0 bridgehead atoms. The molecule has 2 aromatic carbocycles. The Hall–Kier alpha value is -3.94. The molecule has 8 heteroatoms. The van der Waals surface area contributed by atoms with E-state index in [1.807, 2.05) is 42.0 Å². The van der Waals surface area contributed by atoms with Crippen molar-refractivity contribution >= 4 is 5.91 Å². The van der Waals surface area contributed by atoms with Gasteiger partial charge < -0.3 is 14.6 Å². The minimum absolute atomic E-state index is 0.0501. The van der Waals surface area contributed by atoms with Crippen molar-refractivity contribution in [2.45, 2.75) is 38.8 Å². The van der Waals surface area contributed by atoms with E-state index in [0.29, 0.717) is 11.4 Å². The molecule has 0 spiro atoms. The summed E-state index contributed by atoms with van der Waals surface area (Å²) >= 11 is 0. The Labute approximate surface area is 192 Å². The smallest absolute Gasteiger partial charge is 0.242 e. The van der Waals surface area contributed by atoms with Gasteiger partial charge in [0.2, 0.25) is 5.91 Å². The number of aryl methyl sites for hydroxylation is 2. The number of carbonyl (C=O) groups is 1. The van der Waals surface area contributed by atoms with Gasteiger partial charge in [0.1, 0.15) is 18.0 Å². The van der Waals surface area contributed by atoms with Crippen LogP contribution in [0.15, 0.2) is 61.2 Å². The van der Waals surface area contributed by atoms with Crippen LogP contribution in [0.5, 0.6) is 5.75 Å². The van der Waals surface area contributed by atoms with E-state index >= 15 is 0 Å². The average Bonchev–Trinajstić information content (AvgIpc) is 3.48. The van der Waals surface area contributed by atoms with Gasteiger partial charge in [0.25, 0.3) is 0 Å². The second-order valence-corrected chi connectivity index (χ2v) is 8.32. The summed E-state index contributed by atoms with van der Waals surface area (Å²) in [5.41, 5.74) is 5.90. The summed E-state index contributed by atoms with van der Waals surface area (Å²) in [6, 6.07) is 14.2. The third kappa shape index (κ3) is 4.37. The van der Waals surface area contributed by atoms with Crippen LogP contribution >= 0.6 is 0 Å². The highest BCUT2D eigenvalue weighted by atomic mass is 16.5. The molecule has 0 radical (unpaired) electrons. The van der Waals surface area contributed by atoms with E-state index < -0.39 is 0 Å². The fraction of sp³-hybridized carbons (Fsp3) is 0.280. The monoisotopic (exact) mass is 442 g/mol. The topological polar surface area (TPSA) is 86.9 Å². The molecule has 8 nitrogen and oxygen atoms in total. The lowest BCUT2D eigenvalue weighted by Gasteiger charge is -2.26. The average molecular weight is 443 g/mol. The Balaban J connectivity index is 1.29. The molecule has 33 heavy (non-hydrogen) atoms. The minimum atomic E-state index is -0.0726. The van der Waals surface area contributed by atoms with Crippen LogP contribution in [0, 0.1) is 6.92 Å². The van der Waals surface area contributed by atoms with Crippen molar-refractivity contribution in [2.24, 2.45) is 0 Å². The number of hydrogen-bond acceptors (Lipinski definition) is 5. The molecule has 2 heterocycles. The summed E-state index contributed by atoms with van der Waals surface area (Å²) in [7, 11) is 1.64. The SMILES string of the molecule is COc1cc(-c2cn(CC(=O)NC3CCCc4ccccc43)nn2)ccc1-n1cnc(C)c1. The molecule has 1 aliphatic rings. The number of amides is 1. The van der Waals surface area contributed by atoms with Crippen molar-refractivity contribution in [3.8, 4) is 22.7 Å². The van der Waals surface area contributed by atoms with E-state index in [4.69, 9.17) is 4.74 Å². The zero-order valence-electron chi connectivity index (χ0n) is 18.7. The molecule has 0 saturated heterocycles. The number of rotatable bonds is 6. The Morgan fingerprint density at radius 3 is 2.91 bits per heavy atom.